The molecule has 0 saturated heterocycles. The number of hydrogen-bond donors (Lipinski definition) is 2. The minimum absolute atomic E-state index is 0.216. The van der Waals surface area contributed by atoms with Crippen LogP contribution in [0, 0.1) is 5.82 Å². The lowest BCUT2D eigenvalue weighted by atomic mass is 10.2. The predicted molar refractivity (Wildman–Crippen MR) is 85.1 cm³/mol. The lowest BCUT2D eigenvalue weighted by molar-refractivity contribution is 0.252. The highest BCUT2D eigenvalue weighted by atomic mass is 32.2. The Balaban J connectivity index is 2.06. The maximum absolute atomic E-state index is 13.3. The molecule has 0 radical (unpaired) electrons. The molecule has 0 spiro atoms. The van der Waals surface area contributed by atoms with Crippen LogP contribution in [0.2, 0.25) is 0 Å². The second-order valence-corrected chi connectivity index (χ2v) is 7.93. The van der Waals surface area contributed by atoms with Crippen LogP contribution in [0.3, 0.4) is 0 Å². The largest absolute Gasteiger partial charge is 0.333 e. The summed E-state index contributed by atoms with van der Waals surface area (Å²) < 4.78 is 36.0. The fourth-order valence-electron chi connectivity index (χ4n) is 1.83. The Morgan fingerprint density at radius 3 is 2.73 bits per heavy atom. The minimum Gasteiger partial charge on any atom is -0.333 e. The maximum atomic E-state index is 13.3. The second-order valence-electron chi connectivity index (χ2n) is 4.76. The van der Waals surface area contributed by atoms with Crippen molar-refractivity contribution in [2.45, 2.75) is 12.3 Å². The molecule has 0 fully saturated rings. The number of carbonyl (C=O) groups excluding carboxylic acids is 1. The molecule has 0 aliphatic rings. The Hall–Kier alpha value is -1.93. The van der Waals surface area contributed by atoms with E-state index in [9.17, 15) is 17.6 Å². The number of sulfone groups is 1. The first kappa shape index (κ1) is 16.4. The maximum Gasteiger partial charge on any atom is 0.319 e. The van der Waals surface area contributed by atoms with Gasteiger partial charge in [0.15, 0.2) is 9.84 Å². The molecule has 2 amide bonds. The number of halogens is 1. The van der Waals surface area contributed by atoms with Gasteiger partial charge in [-0.1, -0.05) is 6.07 Å². The third kappa shape index (κ3) is 5.12. The molecule has 0 unspecified atom stereocenters. The first-order valence-electron chi connectivity index (χ1n) is 6.37. The fourth-order valence-corrected chi connectivity index (χ4v) is 3.28. The van der Waals surface area contributed by atoms with Crippen LogP contribution in [0.15, 0.2) is 35.7 Å². The SMILES string of the molecule is CS(=O)(=O)Cc1cc(F)ccc1NC(=O)NCc1cccs1. The average molecular weight is 342 g/mol. The topological polar surface area (TPSA) is 75.3 Å². The molecule has 2 rings (SSSR count). The molecule has 2 N–H and O–H groups in total. The van der Waals surface area contributed by atoms with Crippen molar-refractivity contribution < 1.29 is 17.6 Å². The molecule has 0 saturated carbocycles. The summed E-state index contributed by atoms with van der Waals surface area (Å²) in [6, 6.07) is 6.91. The summed E-state index contributed by atoms with van der Waals surface area (Å²) >= 11 is 1.51. The molecule has 1 aromatic heterocycles. The summed E-state index contributed by atoms with van der Waals surface area (Å²) in [5, 5.41) is 7.10. The van der Waals surface area contributed by atoms with E-state index >= 15 is 0 Å². The van der Waals surface area contributed by atoms with E-state index in [-0.39, 0.29) is 17.0 Å². The van der Waals surface area contributed by atoms with Crippen LogP contribution in [-0.4, -0.2) is 20.7 Å². The fraction of sp³-hybridized carbons (Fsp3) is 0.214. The molecule has 0 atom stereocenters. The molecule has 0 aliphatic carbocycles. The van der Waals surface area contributed by atoms with Gasteiger partial charge in [0.05, 0.1) is 12.3 Å². The highest BCUT2D eigenvalue weighted by Crippen LogP contribution is 2.19. The number of nitrogens with one attached hydrogen (secondary N) is 2. The van der Waals surface area contributed by atoms with E-state index in [1.165, 1.54) is 23.5 Å². The van der Waals surface area contributed by atoms with Gasteiger partial charge in [-0.2, -0.15) is 0 Å². The van der Waals surface area contributed by atoms with E-state index in [0.29, 0.717) is 6.54 Å². The molecule has 5 nitrogen and oxygen atoms in total. The zero-order valence-electron chi connectivity index (χ0n) is 11.8. The van der Waals surface area contributed by atoms with Crippen LogP contribution in [0.25, 0.3) is 0 Å². The predicted octanol–water partition coefficient (Wildman–Crippen LogP) is 2.75. The normalized spacial score (nSPS) is 11.2. The van der Waals surface area contributed by atoms with E-state index < -0.39 is 21.7 Å². The molecular weight excluding hydrogens is 327 g/mol. The van der Waals surface area contributed by atoms with Crippen LogP contribution in [-0.2, 0) is 22.1 Å². The van der Waals surface area contributed by atoms with Gasteiger partial charge < -0.3 is 10.6 Å². The number of rotatable bonds is 5. The van der Waals surface area contributed by atoms with Gasteiger partial charge in [0, 0.05) is 16.8 Å². The van der Waals surface area contributed by atoms with Crippen molar-refractivity contribution >= 4 is 32.9 Å². The van der Waals surface area contributed by atoms with Gasteiger partial charge in [-0.05, 0) is 35.2 Å². The number of anilines is 1. The van der Waals surface area contributed by atoms with E-state index in [1.54, 1.807) is 0 Å². The number of thiophene rings is 1. The monoisotopic (exact) mass is 342 g/mol. The third-order valence-corrected chi connectivity index (χ3v) is 4.45. The van der Waals surface area contributed by atoms with Gasteiger partial charge >= 0.3 is 6.03 Å². The number of amides is 2. The summed E-state index contributed by atoms with van der Waals surface area (Å²) in [4.78, 5) is 12.8. The van der Waals surface area contributed by atoms with Gasteiger partial charge in [0.1, 0.15) is 5.82 Å². The molecule has 0 aliphatic heterocycles. The van der Waals surface area contributed by atoms with Crippen molar-refractivity contribution in [2.75, 3.05) is 11.6 Å². The van der Waals surface area contributed by atoms with Crippen molar-refractivity contribution in [3.8, 4) is 0 Å². The first-order valence-corrected chi connectivity index (χ1v) is 9.31. The number of urea groups is 1. The zero-order chi connectivity index (χ0) is 16.2. The van der Waals surface area contributed by atoms with Crippen molar-refractivity contribution in [3.63, 3.8) is 0 Å². The molecule has 1 aromatic carbocycles. The first-order chi connectivity index (χ1) is 10.3. The van der Waals surface area contributed by atoms with Crippen molar-refractivity contribution in [1.29, 1.82) is 0 Å². The van der Waals surface area contributed by atoms with Crippen molar-refractivity contribution in [2.24, 2.45) is 0 Å². The van der Waals surface area contributed by atoms with E-state index in [1.807, 2.05) is 17.5 Å². The summed E-state index contributed by atoms with van der Waals surface area (Å²) in [7, 11) is -3.34. The van der Waals surface area contributed by atoms with E-state index in [2.05, 4.69) is 10.6 Å². The quantitative estimate of drug-likeness (QED) is 0.877. The molecule has 2 aromatic rings. The number of carbonyl (C=O) groups is 1. The highest BCUT2D eigenvalue weighted by molar-refractivity contribution is 7.89. The van der Waals surface area contributed by atoms with Gasteiger partial charge in [0.25, 0.3) is 0 Å². The molecule has 22 heavy (non-hydrogen) atoms. The summed E-state index contributed by atoms with van der Waals surface area (Å²) in [6.45, 7) is 0.367. The lowest BCUT2D eigenvalue weighted by Gasteiger charge is -2.11. The van der Waals surface area contributed by atoms with Gasteiger partial charge in [-0.25, -0.2) is 17.6 Å². The average Bonchev–Trinajstić information content (AvgIpc) is 2.91. The number of hydrogen-bond acceptors (Lipinski definition) is 4. The molecular formula is C14H15FN2O3S2. The summed E-state index contributed by atoms with van der Waals surface area (Å²) in [5.74, 6) is -0.895. The van der Waals surface area contributed by atoms with Crippen LogP contribution in [0.4, 0.5) is 14.9 Å². The number of benzene rings is 1. The molecule has 8 heteroatoms. The Morgan fingerprint density at radius 1 is 1.32 bits per heavy atom. The summed E-state index contributed by atoms with van der Waals surface area (Å²) in [6.07, 6.45) is 1.05. The molecule has 0 bridgehead atoms. The van der Waals surface area contributed by atoms with E-state index in [4.69, 9.17) is 0 Å². The Morgan fingerprint density at radius 2 is 2.09 bits per heavy atom. The van der Waals surface area contributed by atoms with Crippen molar-refractivity contribution in [1.82, 2.24) is 5.32 Å². The van der Waals surface area contributed by atoms with Crippen LogP contribution >= 0.6 is 11.3 Å². The highest BCUT2D eigenvalue weighted by Gasteiger charge is 2.12. The minimum atomic E-state index is -3.34. The van der Waals surface area contributed by atoms with Gasteiger partial charge in [-0.3, -0.25) is 0 Å². The lowest BCUT2D eigenvalue weighted by Crippen LogP contribution is -2.28. The van der Waals surface area contributed by atoms with Crippen LogP contribution in [0.5, 0.6) is 0 Å². The molecule has 118 valence electrons. The standard InChI is InChI=1S/C14H15FN2O3S2/c1-22(19,20)9-10-7-11(15)4-5-13(10)17-14(18)16-8-12-3-2-6-21-12/h2-7H,8-9H2,1H3,(H2,16,17,18). The van der Waals surface area contributed by atoms with Gasteiger partial charge in [-0.15, -0.1) is 11.3 Å². The zero-order valence-corrected chi connectivity index (χ0v) is 13.4. The van der Waals surface area contributed by atoms with E-state index in [0.717, 1.165) is 17.2 Å². The second kappa shape index (κ2) is 6.89. The Kier molecular flexibility index (Phi) is 5.15. The van der Waals surface area contributed by atoms with Crippen LogP contribution < -0.4 is 10.6 Å². The smallest absolute Gasteiger partial charge is 0.319 e. The summed E-state index contributed by atoms with van der Waals surface area (Å²) in [5.41, 5.74) is 0.490. The van der Waals surface area contributed by atoms with Gasteiger partial charge in [0.2, 0.25) is 0 Å². The third-order valence-electron chi connectivity index (χ3n) is 2.74. The molecule has 1 heterocycles. The van der Waals surface area contributed by atoms with Crippen molar-refractivity contribution in [3.05, 3.63) is 52.0 Å². The van der Waals surface area contributed by atoms with Crippen LogP contribution in [0.1, 0.15) is 10.4 Å². The Bertz CT molecular complexity index is 758. The Labute approximate surface area is 132 Å².